The van der Waals surface area contributed by atoms with Crippen molar-refractivity contribution in [1.82, 2.24) is 0 Å². The Kier molecular flexibility index (Phi) is 7.06. The number of esters is 1. The predicted molar refractivity (Wildman–Crippen MR) is 116 cm³/mol. The molecule has 0 aliphatic carbocycles. The van der Waals surface area contributed by atoms with Crippen LogP contribution in [0.3, 0.4) is 0 Å². The number of carbonyl (C=O) groups is 5. The molecule has 2 aromatic carbocycles. The van der Waals surface area contributed by atoms with Crippen molar-refractivity contribution in [2.45, 2.75) is 16.6 Å². The summed E-state index contributed by atoms with van der Waals surface area (Å²) in [4.78, 5) is 60.9. The van der Waals surface area contributed by atoms with Gasteiger partial charge in [-0.05, 0) is 42.5 Å². The van der Waals surface area contributed by atoms with Crippen LogP contribution in [0.15, 0.2) is 65.6 Å². The summed E-state index contributed by atoms with van der Waals surface area (Å²) in [6.07, 6.45) is 1.62. The van der Waals surface area contributed by atoms with E-state index < -0.39 is 23.1 Å². The first kappa shape index (κ1) is 22.8. The molecule has 0 radical (unpaired) electrons. The Morgan fingerprint density at radius 3 is 2.50 bits per heavy atom. The highest BCUT2D eigenvalue weighted by Gasteiger charge is 2.40. The number of aliphatic carboxylic acids is 1. The van der Waals surface area contributed by atoms with Gasteiger partial charge in [0, 0.05) is 29.2 Å². The van der Waals surface area contributed by atoms with Gasteiger partial charge in [-0.3, -0.25) is 14.4 Å². The normalized spacial score (nSPS) is 15.8. The summed E-state index contributed by atoms with van der Waals surface area (Å²) >= 11 is 1.18. The molecule has 3 amide bonds. The monoisotopic (exact) mass is 454 g/mol. The molecule has 2 N–H and O–H groups in total. The van der Waals surface area contributed by atoms with Gasteiger partial charge in [0.05, 0.1) is 23.6 Å². The Labute approximate surface area is 187 Å². The molecular formula is C22H18N2O7S. The lowest BCUT2D eigenvalue weighted by molar-refractivity contribution is -0.131. The Bertz CT molecular complexity index is 1110. The van der Waals surface area contributed by atoms with Crippen LogP contribution in [-0.4, -0.2) is 47.1 Å². The standard InChI is InChI=1S/C22H18N2O7S/c1-31-22(30)13-5-7-15(8-6-13)24-19(26)12-17(21(24)29)32-16-4-2-3-14(11-16)23-18(25)9-10-20(27)28/h2-11,17H,12H2,1H3,(H,23,25)(H,27,28)/b10-9+/t17-/m0/s1. The molecule has 0 saturated carbocycles. The molecule has 32 heavy (non-hydrogen) atoms. The van der Waals surface area contributed by atoms with Crippen molar-refractivity contribution in [1.29, 1.82) is 0 Å². The molecule has 1 aliphatic heterocycles. The van der Waals surface area contributed by atoms with Gasteiger partial charge in [-0.15, -0.1) is 11.8 Å². The topological polar surface area (TPSA) is 130 Å². The van der Waals surface area contributed by atoms with E-state index in [4.69, 9.17) is 5.11 Å². The van der Waals surface area contributed by atoms with Crippen LogP contribution in [-0.2, 0) is 23.9 Å². The van der Waals surface area contributed by atoms with E-state index in [2.05, 4.69) is 10.1 Å². The van der Waals surface area contributed by atoms with Crippen molar-refractivity contribution in [2.24, 2.45) is 0 Å². The smallest absolute Gasteiger partial charge is 0.337 e. The number of methoxy groups -OCH3 is 1. The minimum atomic E-state index is -1.24. The number of hydrogen-bond donors (Lipinski definition) is 2. The zero-order valence-electron chi connectivity index (χ0n) is 16.8. The highest BCUT2D eigenvalue weighted by atomic mass is 32.2. The van der Waals surface area contributed by atoms with Crippen LogP contribution >= 0.6 is 11.8 Å². The fourth-order valence-electron chi connectivity index (χ4n) is 2.97. The minimum absolute atomic E-state index is 0.000188. The summed E-state index contributed by atoms with van der Waals surface area (Å²) in [5.41, 5.74) is 1.09. The van der Waals surface area contributed by atoms with Crippen molar-refractivity contribution in [2.75, 3.05) is 17.3 Å². The first-order valence-electron chi connectivity index (χ1n) is 9.32. The molecule has 164 valence electrons. The average molecular weight is 454 g/mol. The predicted octanol–water partition coefficient (Wildman–Crippen LogP) is 2.48. The largest absolute Gasteiger partial charge is 0.478 e. The number of thioether (sulfide) groups is 1. The fraction of sp³-hybridized carbons (Fsp3) is 0.136. The van der Waals surface area contributed by atoms with Crippen LogP contribution in [0.5, 0.6) is 0 Å². The van der Waals surface area contributed by atoms with E-state index in [1.165, 1.54) is 43.1 Å². The van der Waals surface area contributed by atoms with Crippen molar-refractivity contribution >= 4 is 52.8 Å². The number of carboxylic acids is 1. The van der Waals surface area contributed by atoms with E-state index >= 15 is 0 Å². The molecule has 1 heterocycles. The van der Waals surface area contributed by atoms with E-state index in [0.717, 1.165) is 17.1 Å². The summed E-state index contributed by atoms with van der Waals surface area (Å²) in [6.45, 7) is 0. The number of benzene rings is 2. The first-order valence-corrected chi connectivity index (χ1v) is 10.2. The number of nitrogens with one attached hydrogen (secondary N) is 1. The Morgan fingerprint density at radius 2 is 1.84 bits per heavy atom. The number of carboxylic acid groups (broad SMARTS) is 1. The molecular weight excluding hydrogens is 436 g/mol. The van der Waals surface area contributed by atoms with Crippen molar-refractivity contribution in [3.8, 4) is 0 Å². The van der Waals surface area contributed by atoms with Gasteiger partial charge in [0.25, 0.3) is 0 Å². The van der Waals surface area contributed by atoms with Gasteiger partial charge in [0.1, 0.15) is 0 Å². The van der Waals surface area contributed by atoms with Crippen molar-refractivity contribution in [3.63, 3.8) is 0 Å². The third-order valence-electron chi connectivity index (χ3n) is 4.41. The minimum Gasteiger partial charge on any atom is -0.478 e. The van der Waals surface area contributed by atoms with Crippen LogP contribution in [0, 0.1) is 0 Å². The Morgan fingerprint density at radius 1 is 1.12 bits per heavy atom. The number of hydrogen-bond acceptors (Lipinski definition) is 7. The molecule has 9 nitrogen and oxygen atoms in total. The summed E-state index contributed by atoms with van der Waals surface area (Å²) in [5.74, 6) is -3.11. The molecule has 2 aromatic rings. The van der Waals surface area contributed by atoms with E-state index in [1.807, 2.05) is 0 Å². The van der Waals surface area contributed by atoms with Gasteiger partial charge < -0.3 is 15.2 Å². The van der Waals surface area contributed by atoms with E-state index in [9.17, 15) is 24.0 Å². The van der Waals surface area contributed by atoms with Gasteiger partial charge in [-0.2, -0.15) is 0 Å². The van der Waals surface area contributed by atoms with Gasteiger partial charge >= 0.3 is 11.9 Å². The number of rotatable bonds is 7. The second-order valence-corrected chi connectivity index (χ2v) is 7.88. The second kappa shape index (κ2) is 9.92. The van der Waals surface area contributed by atoms with E-state index in [0.29, 0.717) is 21.8 Å². The Balaban J connectivity index is 1.69. The maximum Gasteiger partial charge on any atom is 0.337 e. The molecule has 1 saturated heterocycles. The molecule has 1 fully saturated rings. The number of nitrogens with zero attached hydrogens (tertiary/aromatic N) is 1. The lowest BCUT2D eigenvalue weighted by Crippen LogP contribution is -2.31. The van der Waals surface area contributed by atoms with E-state index in [-0.39, 0.29) is 18.2 Å². The fourth-order valence-corrected chi connectivity index (χ4v) is 4.09. The summed E-state index contributed by atoms with van der Waals surface area (Å²) in [5, 5.41) is 10.5. The third kappa shape index (κ3) is 5.41. The molecule has 1 atom stereocenters. The number of amides is 3. The van der Waals surface area contributed by atoms with Crippen molar-refractivity contribution in [3.05, 3.63) is 66.2 Å². The van der Waals surface area contributed by atoms with Crippen LogP contribution in [0.2, 0.25) is 0 Å². The maximum absolute atomic E-state index is 12.9. The first-order chi connectivity index (χ1) is 15.3. The van der Waals surface area contributed by atoms with Gasteiger partial charge in [-0.25, -0.2) is 14.5 Å². The zero-order valence-corrected chi connectivity index (χ0v) is 17.6. The number of anilines is 2. The number of ether oxygens (including phenoxy) is 1. The molecule has 3 rings (SSSR count). The molecule has 0 aromatic heterocycles. The SMILES string of the molecule is COC(=O)c1ccc(N2C(=O)C[C@H](Sc3cccc(NC(=O)/C=C/C(=O)O)c3)C2=O)cc1. The zero-order chi connectivity index (χ0) is 23.3. The van der Waals surface area contributed by atoms with Crippen LogP contribution < -0.4 is 10.2 Å². The lowest BCUT2D eigenvalue weighted by atomic mass is 10.2. The van der Waals surface area contributed by atoms with Crippen molar-refractivity contribution < 1.29 is 33.8 Å². The molecule has 0 spiro atoms. The van der Waals surface area contributed by atoms with Crippen LogP contribution in [0.1, 0.15) is 16.8 Å². The van der Waals surface area contributed by atoms with E-state index in [1.54, 1.807) is 24.3 Å². The number of imide groups is 1. The summed E-state index contributed by atoms with van der Waals surface area (Å²) < 4.78 is 4.64. The van der Waals surface area contributed by atoms with Crippen LogP contribution in [0.4, 0.5) is 11.4 Å². The second-order valence-electron chi connectivity index (χ2n) is 6.61. The van der Waals surface area contributed by atoms with Gasteiger partial charge in [0.15, 0.2) is 0 Å². The Hall–Kier alpha value is -3.92. The molecule has 0 bridgehead atoms. The van der Waals surface area contributed by atoms with Crippen LogP contribution in [0.25, 0.3) is 0 Å². The quantitative estimate of drug-likeness (QED) is 0.371. The highest BCUT2D eigenvalue weighted by molar-refractivity contribution is 8.00. The highest BCUT2D eigenvalue weighted by Crippen LogP contribution is 2.35. The molecule has 1 aliphatic rings. The number of carbonyl (C=O) groups excluding carboxylic acids is 4. The maximum atomic E-state index is 12.9. The molecule has 0 unspecified atom stereocenters. The third-order valence-corrected chi connectivity index (χ3v) is 5.59. The lowest BCUT2D eigenvalue weighted by Gasteiger charge is -2.15. The van der Waals surface area contributed by atoms with Gasteiger partial charge in [-0.1, -0.05) is 6.07 Å². The average Bonchev–Trinajstić information content (AvgIpc) is 3.04. The molecule has 10 heteroatoms. The summed E-state index contributed by atoms with van der Waals surface area (Å²) in [6, 6.07) is 12.6. The van der Waals surface area contributed by atoms with Gasteiger partial charge in [0.2, 0.25) is 17.7 Å². The summed E-state index contributed by atoms with van der Waals surface area (Å²) in [7, 11) is 1.26.